The molecular weight excluding hydrogens is 340 g/mol. The standard InChI is InChI=1S/C22H30N2O3/c1-2-16-5-3-8-19(13-16)27-20-14-24(15-20)22(26)18-9-11-23(12-10-18)21(25)17-6-4-7-17/h3,5,8,13,17-18,20H,2,4,6-7,9-12,14-15H2,1H3. The highest BCUT2D eigenvalue weighted by Crippen LogP contribution is 2.31. The third kappa shape index (κ3) is 3.97. The van der Waals surface area contributed by atoms with Gasteiger partial charge in [-0.15, -0.1) is 0 Å². The maximum absolute atomic E-state index is 12.7. The number of hydrogen-bond acceptors (Lipinski definition) is 3. The van der Waals surface area contributed by atoms with Crippen molar-refractivity contribution in [2.75, 3.05) is 26.2 Å². The van der Waals surface area contributed by atoms with Crippen LogP contribution in [0.1, 0.15) is 44.6 Å². The molecule has 27 heavy (non-hydrogen) atoms. The van der Waals surface area contributed by atoms with Crippen LogP contribution in [0.4, 0.5) is 0 Å². The van der Waals surface area contributed by atoms with Crippen LogP contribution in [0.2, 0.25) is 0 Å². The van der Waals surface area contributed by atoms with Gasteiger partial charge in [-0.05, 0) is 49.8 Å². The first-order valence-corrected chi connectivity index (χ1v) is 10.5. The van der Waals surface area contributed by atoms with E-state index >= 15 is 0 Å². The third-order valence-electron chi connectivity index (χ3n) is 6.38. The van der Waals surface area contributed by atoms with E-state index in [2.05, 4.69) is 19.1 Å². The van der Waals surface area contributed by atoms with E-state index < -0.39 is 0 Å². The first kappa shape index (κ1) is 18.3. The maximum atomic E-state index is 12.7. The molecule has 2 heterocycles. The average molecular weight is 370 g/mol. The maximum Gasteiger partial charge on any atom is 0.226 e. The van der Waals surface area contributed by atoms with E-state index in [1.807, 2.05) is 21.9 Å². The minimum Gasteiger partial charge on any atom is -0.487 e. The van der Waals surface area contributed by atoms with Gasteiger partial charge in [0.25, 0.3) is 0 Å². The molecular formula is C22H30N2O3. The molecule has 2 saturated heterocycles. The monoisotopic (exact) mass is 370 g/mol. The number of likely N-dealkylation sites (tertiary alicyclic amines) is 2. The van der Waals surface area contributed by atoms with Gasteiger partial charge < -0.3 is 14.5 Å². The van der Waals surface area contributed by atoms with Crippen molar-refractivity contribution in [3.8, 4) is 5.75 Å². The van der Waals surface area contributed by atoms with Gasteiger partial charge in [-0.3, -0.25) is 9.59 Å². The van der Waals surface area contributed by atoms with Crippen molar-refractivity contribution < 1.29 is 14.3 Å². The van der Waals surface area contributed by atoms with Crippen molar-refractivity contribution in [1.29, 1.82) is 0 Å². The van der Waals surface area contributed by atoms with E-state index in [1.165, 1.54) is 12.0 Å². The molecule has 1 aliphatic carbocycles. The lowest BCUT2D eigenvalue weighted by Crippen LogP contribution is -2.58. The van der Waals surface area contributed by atoms with E-state index in [1.54, 1.807) is 0 Å². The lowest BCUT2D eigenvalue weighted by molar-refractivity contribution is -0.149. The second kappa shape index (κ2) is 7.91. The molecule has 5 heteroatoms. The summed E-state index contributed by atoms with van der Waals surface area (Å²) in [6.45, 7) is 4.97. The molecule has 1 aromatic rings. The fraction of sp³-hybridized carbons (Fsp3) is 0.636. The molecule has 2 aliphatic heterocycles. The van der Waals surface area contributed by atoms with Crippen LogP contribution in [-0.4, -0.2) is 53.9 Å². The Morgan fingerprint density at radius 3 is 2.30 bits per heavy atom. The summed E-state index contributed by atoms with van der Waals surface area (Å²) in [5, 5.41) is 0. The van der Waals surface area contributed by atoms with Crippen molar-refractivity contribution in [3.05, 3.63) is 29.8 Å². The minimum atomic E-state index is 0.0693. The lowest BCUT2D eigenvalue weighted by Gasteiger charge is -2.42. The Bertz CT molecular complexity index is 687. The molecule has 3 aliphatic rings. The Morgan fingerprint density at radius 2 is 1.67 bits per heavy atom. The summed E-state index contributed by atoms with van der Waals surface area (Å²) in [7, 11) is 0. The highest BCUT2D eigenvalue weighted by molar-refractivity contribution is 5.82. The Hall–Kier alpha value is -2.04. The number of amides is 2. The zero-order valence-electron chi connectivity index (χ0n) is 16.2. The Kier molecular flexibility index (Phi) is 5.37. The van der Waals surface area contributed by atoms with Gasteiger partial charge in [0.2, 0.25) is 11.8 Å². The van der Waals surface area contributed by atoms with Crippen LogP contribution in [-0.2, 0) is 16.0 Å². The van der Waals surface area contributed by atoms with Gasteiger partial charge in [-0.1, -0.05) is 25.5 Å². The number of piperidine rings is 1. The van der Waals surface area contributed by atoms with Gasteiger partial charge in [-0.25, -0.2) is 0 Å². The molecule has 0 radical (unpaired) electrons. The van der Waals surface area contributed by atoms with Crippen molar-refractivity contribution in [3.63, 3.8) is 0 Å². The van der Waals surface area contributed by atoms with Crippen molar-refractivity contribution in [2.24, 2.45) is 11.8 Å². The zero-order chi connectivity index (χ0) is 18.8. The topological polar surface area (TPSA) is 49.9 Å². The number of rotatable bonds is 5. The predicted octanol–water partition coefficient (Wildman–Crippen LogP) is 2.88. The SMILES string of the molecule is CCc1cccc(OC2CN(C(=O)C3CCN(C(=O)C4CCC4)CC3)C2)c1. The number of benzene rings is 1. The molecule has 0 atom stereocenters. The summed E-state index contributed by atoms with van der Waals surface area (Å²) in [5.41, 5.74) is 1.27. The molecule has 0 spiro atoms. The van der Waals surface area contributed by atoms with Crippen molar-refractivity contribution in [1.82, 2.24) is 9.80 Å². The van der Waals surface area contributed by atoms with Crippen LogP contribution in [0, 0.1) is 11.8 Å². The highest BCUT2D eigenvalue weighted by atomic mass is 16.5. The molecule has 146 valence electrons. The van der Waals surface area contributed by atoms with Gasteiger partial charge in [0, 0.05) is 24.9 Å². The molecule has 5 nitrogen and oxygen atoms in total. The first-order chi connectivity index (χ1) is 13.1. The van der Waals surface area contributed by atoms with Crippen molar-refractivity contribution >= 4 is 11.8 Å². The number of hydrogen-bond donors (Lipinski definition) is 0. The van der Waals surface area contributed by atoms with Gasteiger partial charge in [0.1, 0.15) is 11.9 Å². The van der Waals surface area contributed by atoms with Gasteiger partial charge in [0.05, 0.1) is 13.1 Å². The molecule has 0 N–H and O–H groups in total. The second-order valence-electron chi connectivity index (χ2n) is 8.21. The van der Waals surface area contributed by atoms with E-state index in [4.69, 9.17) is 4.74 Å². The fourth-order valence-corrected chi connectivity index (χ4v) is 4.24. The van der Waals surface area contributed by atoms with E-state index in [0.29, 0.717) is 19.0 Å². The molecule has 0 bridgehead atoms. The number of ether oxygens (including phenoxy) is 1. The van der Waals surface area contributed by atoms with Gasteiger partial charge in [-0.2, -0.15) is 0 Å². The van der Waals surface area contributed by atoms with Crippen LogP contribution < -0.4 is 4.74 Å². The largest absolute Gasteiger partial charge is 0.487 e. The number of carbonyl (C=O) groups is 2. The molecule has 1 saturated carbocycles. The molecule has 4 rings (SSSR count). The Morgan fingerprint density at radius 1 is 1.00 bits per heavy atom. The molecule has 0 unspecified atom stereocenters. The minimum absolute atomic E-state index is 0.0693. The van der Waals surface area contributed by atoms with Gasteiger partial charge >= 0.3 is 0 Å². The average Bonchev–Trinajstić information content (AvgIpc) is 2.62. The normalized spacial score (nSPS) is 21.5. The van der Waals surface area contributed by atoms with E-state index in [9.17, 15) is 9.59 Å². The summed E-state index contributed by atoms with van der Waals surface area (Å²) in [6.07, 6.45) is 5.99. The lowest BCUT2D eigenvalue weighted by atomic mass is 9.83. The second-order valence-corrected chi connectivity index (χ2v) is 8.21. The van der Waals surface area contributed by atoms with Crippen LogP contribution in [0.25, 0.3) is 0 Å². The van der Waals surface area contributed by atoms with Gasteiger partial charge in [0.15, 0.2) is 0 Å². The Labute approximate surface area is 161 Å². The summed E-state index contributed by atoms with van der Waals surface area (Å²) in [5.74, 6) is 1.79. The number of carbonyl (C=O) groups excluding carboxylic acids is 2. The first-order valence-electron chi connectivity index (χ1n) is 10.5. The smallest absolute Gasteiger partial charge is 0.226 e. The highest BCUT2D eigenvalue weighted by Gasteiger charge is 2.38. The van der Waals surface area contributed by atoms with Crippen LogP contribution in [0.15, 0.2) is 24.3 Å². The van der Waals surface area contributed by atoms with Crippen LogP contribution in [0.5, 0.6) is 5.75 Å². The quantitative estimate of drug-likeness (QED) is 0.801. The van der Waals surface area contributed by atoms with Crippen LogP contribution in [0.3, 0.4) is 0 Å². The molecule has 1 aromatic carbocycles. The predicted molar refractivity (Wildman–Crippen MR) is 103 cm³/mol. The molecule has 0 aromatic heterocycles. The van der Waals surface area contributed by atoms with E-state index in [-0.39, 0.29) is 23.8 Å². The third-order valence-corrected chi connectivity index (χ3v) is 6.38. The Balaban J connectivity index is 1.21. The van der Waals surface area contributed by atoms with Crippen LogP contribution >= 0.6 is 0 Å². The molecule has 2 amide bonds. The molecule has 3 fully saturated rings. The summed E-state index contributed by atoms with van der Waals surface area (Å²) in [6, 6.07) is 8.19. The van der Waals surface area contributed by atoms with E-state index in [0.717, 1.165) is 50.9 Å². The summed E-state index contributed by atoms with van der Waals surface area (Å²) < 4.78 is 6.01. The van der Waals surface area contributed by atoms with Crippen molar-refractivity contribution in [2.45, 2.75) is 51.6 Å². The summed E-state index contributed by atoms with van der Waals surface area (Å²) >= 11 is 0. The fourth-order valence-electron chi connectivity index (χ4n) is 4.24. The zero-order valence-corrected chi connectivity index (χ0v) is 16.2. The number of aryl methyl sites for hydroxylation is 1. The number of nitrogens with zero attached hydrogens (tertiary/aromatic N) is 2. The summed E-state index contributed by atoms with van der Waals surface area (Å²) in [4.78, 5) is 29.0.